The van der Waals surface area contributed by atoms with Gasteiger partial charge in [-0.15, -0.1) is 0 Å². The maximum atomic E-state index is 13.0. The van der Waals surface area contributed by atoms with Gasteiger partial charge in [0.15, 0.2) is 0 Å². The minimum atomic E-state index is -1.26. The van der Waals surface area contributed by atoms with Crippen molar-refractivity contribution in [3.8, 4) is 0 Å². The van der Waals surface area contributed by atoms with Gasteiger partial charge in [-0.25, -0.2) is 4.79 Å². The summed E-state index contributed by atoms with van der Waals surface area (Å²) in [7, 11) is 0. The van der Waals surface area contributed by atoms with Crippen LogP contribution in [0.5, 0.6) is 0 Å². The Hall–Kier alpha value is -3.42. The summed E-state index contributed by atoms with van der Waals surface area (Å²) in [5.41, 5.74) is -0.619. The van der Waals surface area contributed by atoms with E-state index in [-0.39, 0.29) is 18.5 Å². The molecule has 1 heterocycles. The quantitative estimate of drug-likeness (QED) is 0.636. The van der Waals surface area contributed by atoms with Crippen molar-refractivity contribution in [1.29, 1.82) is 0 Å². The maximum Gasteiger partial charge on any atom is 0.325 e. The van der Waals surface area contributed by atoms with Crippen molar-refractivity contribution in [2.45, 2.75) is 31.3 Å². The molecule has 4 rings (SSSR count). The van der Waals surface area contributed by atoms with Crippen LogP contribution in [0, 0.1) is 0 Å². The number of urea groups is 1. The number of hydrogen-bond donors (Lipinski definition) is 3. The van der Waals surface area contributed by atoms with E-state index in [0.29, 0.717) is 5.56 Å². The van der Waals surface area contributed by atoms with Crippen molar-refractivity contribution in [1.82, 2.24) is 20.9 Å². The number of carbonyl (C=O) groups is 4. The van der Waals surface area contributed by atoms with Crippen LogP contribution in [0.2, 0.25) is 0 Å². The van der Waals surface area contributed by atoms with Crippen molar-refractivity contribution in [3.63, 3.8) is 0 Å². The van der Waals surface area contributed by atoms with Crippen LogP contribution >= 0.6 is 0 Å². The van der Waals surface area contributed by atoms with Crippen LogP contribution in [-0.2, 0) is 19.9 Å². The SMILES string of the molecule is C[C@@]1(c2ccc3ccccc3c2)NC(=O)N(CC(=O)NCC(=O)NC2CC2)C1=O. The highest BCUT2D eigenvalue weighted by Gasteiger charge is 2.49. The summed E-state index contributed by atoms with van der Waals surface area (Å²) < 4.78 is 0. The fourth-order valence-corrected chi connectivity index (χ4v) is 3.42. The first-order valence-corrected chi connectivity index (χ1v) is 9.56. The Bertz CT molecular complexity index is 1020. The number of hydrogen-bond acceptors (Lipinski definition) is 4. The van der Waals surface area contributed by atoms with Gasteiger partial charge < -0.3 is 16.0 Å². The predicted molar refractivity (Wildman–Crippen MR) is 106 cm³/mol. The van der Waals surface area contributed by atoms with Crippen LogP contribution in [0.25, 0.3) is 10.8 Å². The zero-order valence-electron chi connectivity index (χ0n) is 16.0. The third-order valence-corrected chi connectivity index (χ3v) is 5.29. The zero-order valence-corrected chi connectivity index (χ0v) is 16.0. The summed E-state index contributed by atoms with van der Waals surface area (Å²) in [5, 5.41) is 9.88. The van der Waals surface area contributed by atoms with E-state index in [2.05, 4.69) is 16.0 Å². The molecule has 1 aliphatic carbocycles. The molecular weight excluding hydrogens is 372 g/mol. The van der Waals surface area contributed by atoms with Crippen LogP contribution in [0.4, 0.5) is 4.79 Å². The summed E-state index contributed by atoms with van der Waals surface area (Å²) in [6, 6.07) is 12.8. The van der Waals surface area contributed by atoms with Crippen molar-refractivity contribution < 1.29 is 19.2 Å². The highest BCUT2D eigenvalue weighted by Crippen LogP contribution is 2.30. The van der Waals surface area contributed by atoms with Gasteiger partial charge in [0, 0.05) is 6.04 Å². The molecule has 2 aromatic carbocycles. The molecule has 8 nitrogen and oxygen atoms in total. The topological polar surface area (TPSA) is 108 Å². The van der Waals surface area contributed by atoms with Gasteiger partial charge in [-0.05, 0) is 42.2 Å². The molecule has 29 heavy (non-hydrogen) atoms. The van der Waals surface area contributed by atoms with Gasteiger partial charge in [0.25, 0.3) is 5.91 Å². The fourth-order valence-electron chi connectivity index (χ4n) is 3.42. The maximum absolute atomic E-state index is 13.0. The van der Waals surface area contributed by atoms with Crippen molar-refractivity contribution in [2.75, 3.05) is 13.1 Å². The highest BCUT2D eigenvalue weighted by atomic mass is 16.2. The molecule has 0 spiro atoms. The average Bonchev–Trinajstić information content (AvgIpc) is 3.49. The lowest BCUT2D eigenvalue weighted by Crippen LogP contribution is -2.45. The van der Waals surface area contributed by atoms with E-state index in [1.54, 1.807) is 13.0 Å². The van der Waals surface area contributed by atoms with E-state index < -0.39 is 29.9 Å². The first-order valence-electron chi connectivity index (χ1n) is 9.56. The lowest BCUT2D eigenvalue weighted by atomic mass is 9.90. The summed E-state index contributed by atoms with van der Waals surface area (Å²) in [5.74, 6) is -1.35. The number of carbonyl (C=O) groups excluding carboxylic acids is 4. The highest BCUT2D eigenvalue weighted by molar-refractivity contribution is 6.09. The molecule has 1 saturated carbocycles. The molecule has 3 N–H and O–H groups in total. The van der Waals surface area contributed by atoms with Crippen molar-refractivity contribution in [3.05, 3.63) is 48.0 Å². The first-order chi connectivity index (χ1) is 13.9. The number of amides is 5. The third-order valence-electron chi connectivity index (χ3n) is 5.29. The van der Waals surface area contributed by atoms with E-state index in [9.17, 15) is 19.2 Å². The number of benzene rings is 2. The summed E-state index contributed by atoms with van der Waals surface area (Å²) in [6.45, 7) is 1.00. The molecule has 0 aromatic heterocycles. The van der Waals surface area contributed by atoms with Crippen molar-refractivity contribution in [2.24, 2.45) is 0 Å². The van der Waals surface area contributed by atoms with E-state index >= 15 is 0 Å². The summed E-state index contributed by atoms with van der Waals surface area (Å²) >= 11 is 0. The Morgan fingerprint density at radius 1 is 1.10 bits per heavy atom. The molecular formula is C21H22N4O4. The molecule has 5 amide bonds. The second-order valence-corrected chi connectivity index (χ2v) is 7.63. The second-order valence-electron chi connectivity index (χ2n) is 7.63. The Morgan fingerprint density at radius 2 is 1.83 bits per heavy atom. The monoisotopic (exact) mass is 394 g/mol. The third kappa shape index (κ3) is 3.78. The summed E-state index contributed by atoms with van der Waals surface area (Å²) in [6.07, 6.45) is 1.91. The van der Waals surface area contributed by atoms with Gasteiger partial charge in [-0.3, -0.25) is 19.3 Å². The van der Waals surface area contributed by atoms with Crippen LogP contribution in [0.3, 0.4) is 0 Å². The molecule has 0 unspecified atom stereocenters. The van der Waals surface area contributed by atoms with Crippen LogP contribution in [0.1, 0.15) is 25.3 Å². The molecule has 2 aromatic rings. The molecule has 2 aliphatic rings. The molecule has 0 bridgehead atoms. The standard InChI is InChI=1S/C21H22N4O4/c1-21(15-7-6-13-4-2-3-5-14(13)10-15)19(28)25(20(29)24-21)12-18(27)22-11-17(26)23-16-8-9-16/h2-7,10,16H,8-9,11-12H2,1H3,(H,22,27)(H,23,26)(H,24,29)/t21-/m0/s1. The Balaban J connectivity index is 1.44. The lowest BCUT2D eigenvalue weighted by molar-refractivity contribution is -0.135. The largest absolute Gasteiger partial charge is 0.352 e. The van der Waals surface area contributed by atoms with Gasteiger partial charge in [-0.2, -0.15) is 0 Å². The Morgan fingerprint density at radius 3 is 2.55 bits per heavy atom. The zero-order chi connectivity index (χ0) is 20.6. The molecule has 2 fully saturated rings. The van der Waals surface area contributed by atoms with E-state index in [1.165, 1.54) is 0 Å². The fraction of sp³-hybridized carbons (Fsp3) is 0.333. The smallest absolute Gasteiger partial charge is 0.325 e. The number of nitrogens with one attached hydrogen (secondary N) is 3. The number of fused-ring (bicyclic) bond motifs is 1. The molecule has 1 atom stereocenters. The normalized spacial score (nSPS) is 21.2. The van der Waals surface area contributed by atoms with Crippen molar-refractivity contribution >= 4 is 34.5 Å². The van der Waals surface area contributed by atoms with E-state index in [1.807, 2.05) is 36.4 Å². The van der Waals surface area contributed by atoms with Crippen LogP contribution < -0.4 is 16.0 Å². The Kier molecular flexibility index (Phi) is 4.70. The predicted octanol–water partition coefficient (Wildman–Crippen LogP) is 1.00. The molecule has 1 saturated heterocycles. The minimum absolute atomic E-state index is 0.180. The van der Waals surface area contributed by atoms with Gasteiger partial charge in [-0.1, -0.05) is 36.4 Å². The van der Waals surface area contributed by atoms with E-state index in [0.717, 1.165) is 28.5 Å². The average molecular weight is 394 g/mol. The first kappa shape index (κ1) is 18.9. The van der Waals surface area contributed by atoms with Gasteiger partial charge >= 0.3 is 6.03 Å². The summed E-state index contributed by atoms with van der Waals surface area (Å²) in [4.78, 5) is 50.1. The van der Waals surface area contributed by atoms with E-state index in [4.69, 9.17) is 0 Å². The van der Waals surface area contributed by atoms with Gasteiger partial charge in [0.1, 0.15) is 12.1 Å². The Labute approximate surface area is 167 Å². The lowest BCUT2D eigenvalue weighted by Gasteiger charge is -2.22. The molecule has 0 radical (unpaired) electrons. The number of rotatable bonds is 6. The van der Waals surface area contributed by atoms with Gasteiger partial charge in [0.2, 0.25) is 11.8 Å². The second kappa shape index (κ2) is 7.20. The van der Waals surface area contributed by atoms with Crippen LogP contribution in [-0.4, -0.2) is 47.8 Å². The molecule has 150 valence electrons. The molecule has 1 aliphatic heterocycles. The van der Waals surface area contributed by atoms with Crippen LogP contribution in [0.15, 0.2) is 42.5 Å². The number of imide groups is 1. The van der Waals surface area contributed by atoms with Gasteiger partial charge in [0.05, 0.1) is 6.54 Å². The molecule has 8 heteroatoms. The number of nitrogens with zero attached hydrogens (tertiary/aromatic N) is 1. The minimum Gasteiger partial charge on any atom is -0.352 e.